The van der Waals surface area contributed by atoms with Crippen LogP contribution in [-0.2, 0) is 6.54 Å². The third-order valence-corrected chi connectivity index (χ3v) is 3.61. The van der Waals surface area contributed by atoms with E-state index in [9.17, 15) is 0 Å². The lowest BCUT2D eigenvalue weighted by atomic mass is 10.1. The van der Waals surface area contributed by atoms with E-state index in [1.54, 1.807) is 0 Å². The number of allylic oxidation sites excluding steroid dienone is 1. The van der Waals surface area contributed by atoms with Gasteiger partial charge in [-0.25, -0.2) is 4.98 Å². The van der Waals surface area contributed by atoms with E-state index in [1.807, 2.05) is 18.5 Å². The Kier molecular flexibility index (Phi) is 4.81. The van der Waals surface area contributed by atoms with Crippen LogP contribution < -0.4 is 5.32 Å². The number of imidazole rings is 1. The molecule has 1 aliphatic rings. The Morgan fingerprint density at radius 3 is 2.94 bits per heavy atom. The van der Waals surface area contributed by atoms with Gasteiger partial charge in [0.2, 0.25) is 5.95 Å². The molecule has 0 bridgehead atoms. The number of anilines is 1. The summed E-state index contributed by atoms with van der Waals surface area (Å²) < 4.78 is 2.08. The summed E-state index contributed by atoms with van der Waals surface area (Å²) in [5, 5.41) is 3.44. The van der Waals surface area contributed by atoms with Crippen LogP contribution in [0.15, 0.2) is 25.0 Å². The summed E-state index contributed by atoms with van der Waals surface area (Å²) in [5.74, 6) is 0.943. The van der Waals surface area contributed by atoms with Crippen molar-refractivity contribution in [1.29, 1.82) is 0 Å². The van der Waals surface area contributed by atoms with Crippen LogP contribution in [0.5, 0.6) is 0 Å². The van der Waals surface area contributed by atoms with Gasteiger partial charge in [0, 0.05) is 31.5 Å². The molecule has 1 unspecified atom stereocenters. The summed E-state index contributed by atoms with van der Waals surface area (Å²) in [6.07, 6.45) is 9.78. The lowest BCUT2D eigenvalue weighted by Gasteiger charge is -2.32. The Bertz CT molecular complexity index is 366. The van der Waals surface area contributed by atoms with Crippen molar-refractivity contribution < 1.29 is 0 Å². The predicted octanol–water partition coefficient (Wildman–Crippen LogP) is 2.36. The second-order valence-corrected chi connectivity index (χ2v) is 5.02. The number of nitrogens with one attached hydrogen (secondary N) is 1. The monoisotopic (exact) mass is 248 g/mol. The zero-order valence-corrected chi connectivity index (χ0v) is 11.3. The molecule has 2 rings (SSSR count). The van der Waals surface area contributed by atoms with Gasteiger partial charge in [-0.3, -0.25) is 4.90 Å². The van der Waals surface area contributed by atoms with Gasteiger partial charge >= 0.3 is 0 Å². The van der Waals surface area contributed by atoms with Crippen molar-refractivity contribution in [2.45, 2.75) is 38.8 Å². The number of aromatic nitrogens is 2. The highest BCUT2D eigenvalue weighted by atomic mass is 15.2. The van der Waals surface area contributed by atoms with Crippen molar-refractivity contribution >= 4 is 5.95 Å². The summed E-state index contributed by atoms with van der Waals surface area (Å²) in [4.78, 5) is 6.90. The highest BCUT2D eigenvalue weighted by Gasteiger charge is 2.16. The number of hydrogen-bond donors (Lipinski definition) is 1. The second-order valence-electron chi connectivity index (χ2n) is 5.02. The topological polar surface area (TPSA) is 33.1 Å². The van der Waals surface area contributed by atoms with Crippen molar-refractivity contribution in [2.24, 2.45) is 0 Å². The van der Waals surface area contributed by atoms with E-state index in [-0.39, 0.29) is 0 Å². The molecule has 100 valence electrons. The highest BCUT2D eigenvalue weighted by Crippen LogP contribution is 2.12. The summed E-state index contributed by atoms with van der Waals surface area (Å²) in [6, 6.07) is 0.569. The number of hydrogen-bond acceptors (Lipinski definition) is 3. The predicted molar refractivity (Wildman–Crippen MR) is 75.8 cm³/mol. The smallest absolute Gasteiger partial charge is 0.203 e. The third kappa shape index (κ3) is 3.35. The zero-order valence-electron chi connectivity index (χ0n) is 11.3. The minimum atomic E-state index is 0.569. The van der Waals surface area contributed by atoms with Gasteiger partial charge in [0.15, 0.2) is 0 Å². The molecule has 1 saturated heterocycles. The maximum absolute atomic E-state index is 4.34. The Hall–Kier alpha value is -1.29. The Labute approximate surface area is 110 Å². The number of rotatable bonds is 6. The number of likely N-dealkylation sites (tertiary alicyclic amines) is 1. The molecule has 1 N–H and O–H groups in total. The molecule has 0 amide bonds. The van der Waals surface area contributed by atoms with Gasteiger partial charge in [-0.1, -0.05) is 12.5 Å². The van der Waals surface area contributed by atoms with Crippen molar-refractivity contribution in [3.63, 3.8) is 0 Å². The first-order valence-electron chi connectivity index (χ1n) is 6.91. The van der Waals surface area contributed by atoms with Gasteiger partial charge in [0.1, 0.15) is 0 Å². The fourth-order valence-corrected chi connectivity index (χ4v) is 2.49. The number of nitrogens with zero attached hydrogens (tertiary/aromatic N) is 3. The summed E-state index contributed by atoms with van der Waals surface area (Å²) in [7, 11) is 0. The van der Waals surface area contributed by atoms with E-state index in [2.05, 4.69) is 33.3 Å². The van der Waals surface area contributed by atoms with Crippen molar-refractivity contribution in [2.75, 3.05) is 25.0 Å². The first-order chi connectivity index (χ1) is 8.81. The second kappa shape index (κ2) is 6.59. The van der Waals surface area contributed by atoms with Gasteiger partial charge in [0.25, 0.3) is 0 Å². The number of piperidine rings is 1. The Morgan fingerprint density at radius 2 is 2.22 bits per heavy atom. The zero-order chi connectivity index (χ0) is 12.8. The normalized spacial score (nSPS) is 18.5. The molecule has 0 radical (unpaired) electrons. The standard InChI is InChI=1S/C14H24N4/c1-3-8-18-11-7-15-14(18)16-12-13(2)17-9-5-4-6-10-17/h3,7,11,13H,1,4-6,8-10,12H2,2H3,(H,15,16). The van der Waals surface area contributed by atoms with Gasteiger partial charge in [-0.15, -0.1) is 6.58 Å². The molecule has 0 aromatic carbocycles. The first-order valence-corrected chi connectivity index (χ1v) is 6.91. The maximum Gasteiger partial charge on any atom is 0.203 e. The molecule has 0 spiro atoms. The van der Waals surface area contributed by atoms with Crippen LogP contribution in [0.25, 0.3) is 0 Å². The molecule has 4 heteroatoms. The molecule has 0 saturated carbocycles. The van der Waals surface area contributed by atoms with Gasteiger partial charge in [-0.05, 0) is 32.9 Å². The average Bonchev–Trinajstić information content (AvgIpc) is 2.85. The molecule has 1 aliphatic heterocycles. The SMILES string of the molecule is C=CCn1ccnc1NCC(C)N1CCCCC1. The van der Waals surface area contributed by atoms with Crippen LogP contribution in [0, 0.1) is 0 Å². The molecule has 1 atom stereocenters. The molecule has 1 aromatic heterocycles. The minimum Gasteiger partial charge on any atom is -0.354 e. The lowest BCUT2D eigenvalue weighted by molar-refractivity contribution is 0.180. The maximum atomic E-state index is 4.34. The van der Waals surface area contributed by atoms with Crippen molar-refractivity contribution in [3.8, 4) is 0 Å². The lowest BCUT2D eigenvalue weighted by Crippen LogP contribution is -2.41. The third-order valence-electron chi connectivity index (χ3n) is 3.61. The molecule has 1 fully saturated rings. The molecule has 18 heavy (non-hydrogen) atoms. The van der Waals surface area contributed by atoms with Crippen molar-refractivity contribution in [1.82, 2.24) is 14.5 Å². The molecular formula is C14H24N4. The molecule has 2 heterocycles. The van der Waals surface area contributed by atoms with Crippen LogP contribution in [0.4, 0.5) is 5.95 Å². The van der Waals surface area contributed by atoms with E-state index < -0.39 is 0 Å². The van der Waals surface area contributed by atoms with Crippen molar-refractivity contribution in [3.05, 3.63) is 25.0 Å². The summed E-state index contributed by atoms with van der Waals surface area (Å²) in [6.45, 7) is 10.3. The quantitative estimate of drug-likeness (QED) is 0.785. The largest absolute Gasteiger partial charge is 0.354 e. The molecule has 1 aromatic rings. The Morgan fingerprint density at radius 1 is 1.44 bits per heavy atom. The van der Waals surface area contributed by atoms with E-state index >= 15 is 0 Å². The summed E-state index contributed by atoms with van der Waals surface area (Å²) >= 11 is 0. The van der Waals surface area contributed by atoms with Gasteiger partial charge in [0.05, 0.1) is 0 Å². The summed E-state index contributed by atoms with van der Waals surface area (Å²) in [5.41, 5.74) is 0. The van der Waals surface area contributed by atoms with E-state index in [0.29, 0.717) is 6.04 Å². The fourth-order valence-electron chi connectivity index (χ4n) is 2.49. The van der Waals surface area contributed by atoms with E-state index in [1.165, 1.54) is 32.4 Å². The van der Waals surface area contributed by atoms with E-state index in [4.69, 9.17) is 0 Å². The molecule has 4 nitrogen and oxygen atoms in total. The first kappa shape index (κ1) is 13.1. The van der Waals surface area contributed by atoms with Gasteiger partial charge in [-0.2, -0.15) is 0 Å². The Balaban J connectivity index is 1.82. The average molecular weight is 248 g/mol. The van der Waals surface area contributed by atoms with Crippen LogP contribution in [0.3, 0.4) is 0 Å². The molecule has 0 aliphatic carbocycles. The fraction of sp³-hybridized carbons (Fsp3) is 0.643. The van der Waals surface area contributed by atoms with E-state index in [0.717, 1.165) is 19.0 Å². The van der Waals surface area contributed by atoms with Crippen LogP contribution in [0.2, 0.25) is 0 Å². The van der Waals surface area contributed by atoms with Crippen LogP contribution in [0.1, 0.15) is 26.2 Å². The van der Waals surface area contributed by atoms with Crippen LogP contribution in [-0.4, -0.2) is 40.1 Å². The van der Waals surface area contributed by atoms with Crippen LogP contribution >= 0.6 is 0 Å². The minimum absolute atomic E-state index is 0.569. The molecular weight excluding hydrogens is 224 g/mol. The van der Waals surface area contributed by atoms with Gasteiger partial charge < -0.3 is 9.88 Å². The highest BCUT2D eigenvalue weighted by molar-refractivity contribution is 5.26.